The van der Waals surface area contributed by atoms with Crippen LogP contribution in [0.2, 0.25) is 10.2 Å². The molecule has 0 spiro atoms. The summed E-state index contributed by atoms with van der Waals surface area (Å²) in [6.45, 7) is 0.505. The number of carbonyl (C=O) groups is 1. The van der Waals surface area contributed by atoms with Crippen LogP contribution < -0.4 is 10.1 Å². The van der Waals surface area contributed by atoms with Gasteiger partial charge in [0.15, 0.2) is 5.15 Å². The van der Waals surface area contributed by atoms with Gasteiger partial charge in [0.05, 0.1) is 18.1 Å². The number of methoxy groups -OCH3 is 1. The molecule has 22 heavy (non-hydrogen) atoms. The second kappa shape index (κ2) is 6.24. The number of carbonyl (C=O) groups excluding carboxylic acids is 1. The lowest BCUT2D eigenvalue weighted by molar-refractivity contribution is -0.142. The van der Waals surface area contributed by atoms with Crippen molar-refractivity contribution in [3.05, 3.63) is 28.4 Å². The molecule has 8 heteroatoms. The number of halogens is 2. The molecule has 0 amide bonds. The average Bonchev–Trinajstić information content (AvgIpc) is 2.96. The van der Waals surface area contributed by atoms with E-state index in [9.17, 15) is 4.79 Å². The van der Waals surface area contributed by atoms with Crippen molar-refractivity contribution in [2.45, 2.75) is 18.6 Å². The third kappa shape index (κ3) is 3.09. The Balaban J connectivity index is 1.79. The second-order valence-corrected chi connectivity index (χ2v) is 5.71. The minimum atomic E-state index is -0.378. The van der Waals surface area contributed by atoms with Crippen molar-refractivity contribution in [1.82, 2.24) is 15.3 Å². The molecule has 1 aromatic carbocycles. The average molecular weight is 342 g/mol. The minimum absolute atomic E-state index is 0.177. The van der Waals surface area contributed by atoms with Gasteiger partial charge in [-0.1, -0.05) is 23.2 Å². The molecule has 1 aliphatic heterocycles. The molecule has 1 fully saturated rings. The standard InChI is InChI=1S/C14H13Cl2N3O3/c1-21-14(20)11-5-8(6-17-11)22-13-12(16)18-9-3-2-7(15)4-10(9)19-13/h2-4,8,11,17H,5-6H2,1H3. The molecule has 2 heterocycles. The van der Waals surface area contributed by atoms with Crippen molar-refractivity contribution in [2.24, 2.45) is 0 Å². The van der Waals surface area contributed by atoms with Gasteiger partial charge in [-0.15, -0.1) is 0 Å². The fourth-order valence-electron chi connectivity index (χ4n) is 2.34. The van der Waals surface area contributed by atoms with E-state index in [1.54, 1.807) is 18.2 Å². The van der Waals surface area contributed by atoms with Gasteiger partial charge in [-0.05, 0) is 18.2 Å². The van der Waals surface area contributed by atoms with Gasteiger partial charge in [0.1, 0.15) is 12.1 Å². The number of aromatic nitrogens is 2. The number of nitrogens with zero attached hydrogens (tertiary/aromatic N) is 2. The molecule has 1 saturated heterocycles. The van der Waals surface area contributed by atoms with Crippen LogP contribution in [0.25, 0.3) is 11.0 Å². The van der Waals surface area contributed by atoms with Gasteiger partial charge < -0.3 is 14.8 Å². The fraction of sp³-hybridized carbons (Fsp3) is 0.357. The minimum Gasteiger partial charge on any atom is -0.471 e. The highest BCUT2D eigenvalue weighted by atomic mass is 35.5. The molecule has 2 atom stereocenters. The van der Waals surface area contributed by atoms with Crippen LogP contribution in [0.15, 0.2) is 18.2 Å². The molecule has 0 saturated carbocycles. The van der Waals surface area contributed by atoms with Crippen LogP contribution in [-0.2, 0) is 9.53 Å². The SMILES string of the molecule is COC(=O)C1CC(Oc2nc3cc(Cl)ccc3nc2Cl)CN1. The van der Waals surface area contributed by atoms with E-state index in [4.69, 9.17) is 32.7 Å². The number of rotatable bonds is 3. The Morgan fingerprint density at radius 2 is 2.14 bits per heavy atom. The van der Waals surface area contributed by atoms with E-state index in [0.29, 0.717) is 29.0 Å². The van der Waals surface area contributed by atoms with E-state index < -0.39 is 0 Å². The van der Waals surface area contributed by atoms with E-state index in [0.717, 1.165) is 0 Å². The lowest BCUT2D eigenvalue weighted by Gasteiger charge is -2.13. The number of nitrogens with one attached hydrogen (secondary N) is 1. The summed E-state index contributed by atoms with van der Waals surface area (Å²) in [6.07, 6.45) is 0.255. The van der Waals surface area contributed by atoms with Gasteiger partial charge in [0.25, 0.3) is 5.88 Å². The van der Waals surface area contributed by atoms with Crippen molar-refractivity contribution >= 4 is 40.2 Å². The maximum atomic E-state index is 11.5. The van der Waals surface area contributed by atoms with Gasteiger partial charge >= 0.3 is 5.97 Å². The highest BCUT2D eigenvalue weighted by Gasteiger charge is 2.32. The highest BCUT2D eigenvalue weighted by molar-refractivity contribution is 6.32. The van der Waals surface area contributed by atoms with Crippen LogP contribution in [0.5, 0.6) is 5.88 Å². The zero-order valence-corrected chi connectivity index (χ0v) is 13.2. The summed E-state index contributed by atoms with van der Waals surface area (Å²) in [5, 5.41) is 3.77. The summed E-state index contributed by atoms with van der Waals surface area (Å²) in [6, 6.07) is 4.77. The molecule has 116 valence electrons. The molecule has 0 radical (unpaired) electrons. The Bertz CT molecular complexity index is 726. The summed E-state index contributed by atoms with van der Waals surface area (Å²) in [5.41, 5.74) is 1.24. The Morgan fingerprint density at radius 3 is 2.91 bits per heavy atom. The lowest BCUT2D eigenvalue weighted by Crippen LogP contribution is -2.31. The van der Waals surface area contributed by atoms with E-state index in [2.05, 4.69) is 15.3 Å². The smallest absolute Gasteiger partial charge is 0.323 e. The topological polar surface area (TPSA) is 73.3 Å². The molecule has 0 aliphatic carbocycles. The molecular formula is C14H13Cl2N3O3. The number of benzene rings is 1. The van der Waals surface area contributed by atoms with Crippen LogP contribution in [0.1, 0.15) is 6.42 Å². The third-order valence-corrected chi connectivity index (χ3v) is 3.89. The van der Waals surface area contributed by atoms with Crippen molar-refractivity contribution < 1.29 is 14.3 Å². The first-order valence-electron chi connectivity index (χ1n) is 6.67. The van der Waals surface area contributed by atoms with Gasteiger partial charge in [0, 0.05) is 18.0 Å². The summed E-state index contributed by atoms with van der Waals surface area (Å²) in [5.74, 6) is -0.0812. The first kappa shape index (κ1) is 15.3. The second-order valence-electron chi connectivity index (χ2n) is 4.91. The van der Waals surface area contributed by atoms with Crippen molar-refractivity contribution in [2.75, 3.05) is 13.7 Å². The first-order valence-corrected chi connectivity index (χ1v) is 7.43. The zero-order chi connectivity index (χ0) is 15.7. The van der Waals surface area contributed by atoms with Crippen LogP contribution >= 0.6 is 23.2 Å². The Hall–Kier alpha value is -1.63. The Kier molecular flexibility index (Phi) is 4.33. The van der Waals surface area contributed by atoms with Crippen LogP contribution in [0.3, 0.4) is 0 Å². The number of esters is 1. The summed E-state index contributed by atoms with van der Waals surface area (Å²) < 4.78 is 10.5. The summed E-state index contributed by atoms with van der Waals surface area (Å²) in [7, 11) is 1.35. The Labute approximate surface area is 136 Å². The fourth-order valence-corrected chi connectivity index (χ4v) is 2.68. The predicted octanol–water partition coefficient (Wildman–Crippen LogP) is 2.22. The maximum absolute atomic E-state index is 11.5. The van der Waals surface area contributed by atoms with Crippen molar-refractivity contribution in [3.8, 4) is 5.88 Å². The maximum Gasteiger partial charge on any atom is 0.323 e. The summed E-state index contributed by atoms with van der Waals surface area (Å²) >= 11 is 12.1. The molecule has 0 bridgehead atoms. The molecule has 1 aromatic heterocycles. The monoisotopic (exact) mass is 341 g/mol. The number of hydrogen-bond acceptors (Lipinski definition) is 6. The quantitative estimate of drug-likeness (QED) is 0.863. The van der Waals surface area contributed by atoms with Crippen LogP contribution in [0, 0.1) is 0 Å². The number of fused-ring (bicyclic) bond motifs is 1. The molecule has 1 aliphatic rings. The first-order chi connectivity index (χ1) is 10.6. The van der Waals surface area contributed by atoms with E-state index in [-0.39, 0.29) is 29.1 Å². The third-order valence-electron chi connectivity index (χ3n) is 3.41. The van der Waals surface area contributed by atoms with Crippen LogP contribution in [-0.4, -0.2) is 41.7 Å². The Morgan fingerprint density at radius 1 is 1.32 bits per heavy atom. The largest absolute Gasteiger partial charge is 0.471 e. The molecular weight excluding hydrogens is 329 g/mol. The molecule has 1 N–H and O–H groups in total. The van der Waals surface area contributed by atoms with Gasteiger partial charge in [-0.25, -0.2) is 9.97 Å². The van der Waals surface area contributed by atoms with E-state index >= 15 is 0 Å². The predicted molar refractivity (Wildman–Crippen MR) is 82.4 cm³/mol. The van der Waals surface area contributed by atoms with Crippen molar-refractivity contribution in [3.63, 3.8) is 0 Å². The number of ether oxygens (including phenoxy) is 2. The van der Waals surface area contributed by atoms with E-state index in [1.807, 2.05) is 0 Å². The lowest BCUT2D eigenvalue weighted by atomic mass is 10.2. The van der Waals surface area contributed by atoms with Gasteiger partial charge in [0.2, 0.25) is 0 Å². The van der Waals surface area contributed by atoms with Gasteiger partial charge in [-0.2, -0.15) is 0 Å². The molecule has 3 rings (SSSR count). The molecule has 2 aromatic rings. The number of hydrogen-bond donors (Lipinski definition) is 1. The van der Waals surface area contributed by atoms with E-state index in [1.165, 1.54) is 7.11 Å². The van der Waals surface area contributed by atoms with Crippen molar-refractivity contribution in [1.29, 1.82) is 0 Å². The van der Waals surface area contributed by atoms with Gasteiger partial charge in [-0.3, -0.25) is 4.79 Å². The molecule has 2 unspecified atom stereocenters. The van der Waals surface area contributed by atoms with Crippen LogP contribution in [0.4, 0.5) is 0 Å². The molecule has 6 nitrogen and oxygen atoms in total. The normalized spacial score (nSPS) is 21.0. The summed E-state index contributed by atoms with van der Waals surface area (Å²) in [4.78, 5) is 20.1. The zero-order valence-electron chi connectivity index (χ0n) is 11.7. The highest BCUT2D eigenvalue weighted by Crippen LogP contribution is 2.27.